The Morgan fingerprint density at radius 3 is 1.94 bits per heavy atom. The summed E-state index contributed by atoms with van der Waals surface area (Å²) in [5.41, 5.74) is 9.06. The van der Waals surface area contributed by atoms with E-state index in [1.54, 1.807) is 0 Å². The number of para-hydroxylation sites is 3. The third-order valence-electron chi connectivity index (χ3n) is 7.23. The normalized spacial score (nSPS) is 12.0. The van der Waals surface area contributed by atoms with Gasteiger partial charge in [0.2, 0.25) is 0 Å². The zero-order valence-electron chi connectivity index (χ0n) is 19.5. The van der Waals surface area contributed by atoms with Crippen LogP contribution in [0, 0.1) is 0 Å². The lowest BCUT2D eigenvalue weighted by Gasteiger charge is -2.06. The lowest BCUT2D eigenvalue weighted by atomic mass is 10.0. The van der Waals surface area contributed by atoms with Crippen LogP contribution in [-0.2, 0) is 7.05 Å². The van der Waals surface area contributed by atoms with Gasteiger partial charge >= 0.3 is 0 Å². The number of imidazole rings is 1. The Bertz CT molecular complexity index is 2110. The highest BCUT2D eigenvalue weighted by molar-refractivity contribution is 6.15. The fourth-order valence-electron chi connectivity index (χ4n) is 5.39. The summed E-state index contributed by atoms with van der Waals surface area (Å²) in [4.78, 5) is 4.84. The van der Waals surface area contributed by atoms with E-state index in [4.69, 9.17) is 13.8 Å². The lowest BCUT2D eigenvalue weighted by Crippen LogP contribution is -1.92. The molecule has 0 N–H and O–H groups in total. The van der Waals surface area contributed by atoms with Crippen LogP contribution < -0.4 is 0 Å². The maximum absolute atomic E-state index is 6.24. The summed E-state index contributed by atoms with van der Waals surface area (Å²) in [6.07, 6.45) is 0. The molecule has 0 bridgehead atoms. The average Bonchev–Trinajstić information content (AvgIpc) is 3.58. The predicted octanol–water partition coefficient (Wildman–Crippen LogP) is 8.71. The number of rotatable bonds is 2. The van der Waals surface area contributed by atoms with Crippen LogP contribution in [0.2, 0.25) is 0 Å². The molecule has 8 rings (SSSR count). The minimum atomic E-state index is 0.874. The second-order valence-corrected chi connectivity index (χ2v) is 9.32. The maximum Gasteiger partial charge on any atom is 0.140 e. The van der Waals surface area contributed by atoms with Gasteiger partial charge in [-0.15, -0.1) is 0 Å². The van der Waals surface area contributed by atoms with Gasteiger partial charge in [0, 0.05) is 34.2 Å². The van der Waals surface area contributed by atoms with Crippen LogP contribution in [-0.4, -0.2) is 9.55 Å². The summed E-state index contributed by atoms with van der Waals surface area (Å²) >= 11 is 0. The number of hydrogen-bond acceptors (Lipinski definition) is 3. The van der Waals surface area contributed by atoms with E-state index >= 15 is 0 Å². The van der Waals surface area contributed by atoms with E-state index in [2.05, 4.69) is 84.4 Å². The molecule has 3 heterocycles. The molecule has 0 atom stereocenters. The Kier molecular flexibility index (Phi) is 3.84. The topological polar surface area (TPSA) is 44.1 Å². The van der Waals surface area contributed by atoms with Crippen LogP contribution in [0.5, 0.6) is 0 Å². The molecule has 0 saturated heterocycles. The van der Waals surface area contributed by atoms with Crippen LogP contribution in [0.1, 0.15) is 0 Å². The highest BCUT2D eigenvalue weighted by Gasteiger charge is 2.14. The molecule has 5 aromatic carbocycles. The van der Waals surface area contributed by atoms with Gasteiger partial charge in [-0.25, -0.2) is 4.98 Å². The van der Waals surface area contributed by atoms with Crippen LogP contribution in [0.15, 0.2) is 112 Å². The summed E-state index contributed by atoms with van der Waals surface area (Å²) in [6.45, 7) is 0. The first kappa shape index (κ1) is 19.5. The van der Waals surface area contributed by atoms with Crippen LogP contribution in [0.4, 0.5) is 0 Å². The first-order valence-corrected chi connectivity index (χ1v) is 12.0. The Morgan fingerprint density at radius 2 is 1.14 bits per heavy atom. The van der Waals surface area contributed by atoms with Crippen molar-refractivity contribution in [3.05, 3.63) is 103 Å². The largest absolute Gasteiger partial charge is 0.456 e. The van der Waals surface area contributed by atoms with Gasteiger partial charge in [0.15, 0.2) is 0 Å². The number of hydrogen-bond donors (Lipinski definition) is 0. The Morgan fingerprint density at radius 1 is 0.528 bits per heavy atom. The molecule has 0 radical (unpaired) electrons. The van der Waals surface area contributed by atoms with Crippen molar-refractivity contribution < 1.29 is 8.83 Å². The van der Waals surface area contributed by atoms with Gasteiger partial charge in [0.05, 0.1) is 11.0 Å². The summed E-state index contributed by atoms with van der Waals surface area (Å²) < 4.78 is 14.5. The SMILES string of the molecule is Cn1c(-c2ccc(-c3ccc4oc5cc6c(cc5c4c3)oc3ccccc36)cc2)nc2ccccc21. The minimum Gasteiger partial charge on any atom is -0.456 e. The molecule has 36 heavy (non-hydrogen) atoms. The third kappa shape index (κ3) is 2.72. The van der Waals surface area contributed by atoms with Gasteiger partial charge in [-0.05, 0) is 53.6 Å². The third-order valence-corrected chi connectivity index (χ3v) is 7.23. The van der Waals surface area contributed by atoms with Crippen LogP contribution in [0.3, 0.4) is 0 Å². The molecule has 0 unspecified atom stereocenters. The number of furan rings is 2. The molecule has 8 aromatic rings. The van der Waals surface area contributed by atoms with E-state index in [1.165, 1.54) is 0 Å². The number of nitrogens with zero attached hydrogens (tertiary/aromatic N) is 2. The first-order chi connectivity index (χ1) is 17.7. The van der Waals surface area contributed by atoms with E-state index in [-0.39, 0.29) is 0 Å². The summed E-state index contributed by atoms with van der Waals surface area (Å²) in [7, 11) is 2.06. The molecule has 4 nitrogen and oxygen atoms in total. The van der Waals surface area contributed by atoms with Crippen molar-refractivity contribution in [3.63, 3.8) is 0 Å². The molecule has 0 aliphatic rings. The Labute approximate surface area is 206 Å². The van der Waals surface area contributed by atoms with E-state index in [1.807, 2.05) is 30.3 Å². The summed E-state index contributed by atoms with van der Waals surface area (Å²) in [5.74, 6) is 0.967. The second kappa shape index (κ2) is 7.09. The maximum atomic E-state index is 6.24. The fraction of sp³-hybridized carbons (Fsp3) is 0.0312. The van der Waals surface area contributed by atoms with E-state index in [0.717, 1.165) is 77.4 Å². The number of benzene rings is 5. The van der Waals surface area contributed by atoms with Crippen molar-refractivity contribution in [2.45, 2.75) is 0 Å². The quantitative estimate of drug-likeness (QED) is 0.257. The molecule has 4 heteroatoms. The molecule has 0 spiro atoms. The van der Waals surface area contributed by atoms with Crippen LogP contribution in [0.25, 0.3) is 77.4 Å². The van der Waals surface area contributed by atoms with Gasteiger partial charge < -0.3 is 13.4 Å². The van der Waals surface area contributed by atoms with Crippen molar-refractivity contribution in [2.75, 3.05) is 0 Å². The molecule has 0 amide bonds. The predicted molar refractivity (Wildman–Crippen MR) is 146 cm³/mol. The zero-order valence-corrected chi connectivity index (χ0v) is 19.5. The van der Waals surface area contributed by atoms with Crippen molar-refractivity contribution in [1.29, 1.82) is 0 Å². The van der Waals surface area contributed by atoms with E-state index < -0.39 is 0 Å². The zero-order chi connectivity index (χ0) is 23.8. The number of fused-ring (bicyclic) bond motifs is 7. The van der Waals surface area contributed by atoms with Gasteiger partial charge in [-0.1, -0.05) is 60.7 Å². The Balaban J connectivity index is 1.24. The van der Waals surface area contributed by atoms with Gasteiger partial charge in [-0.3, -0.25) is 0 Å². The fourth-order valence-corrected chi connectivity index (χ4v) is 5.39. The highest BCUT2D eigenvalue weighted by atomic mass is 16.3. The second-order valence-electron chi connectivity index (χ2n) is 9.32. The Hall–Kier alpha value is -4.83. The van der Waals surface area contributed by atoms with Crippen molar-refractivity contribution in [1.82, 2.24) is 9.55 Å². The molecule has 3 aromatic heterocycles. The molecular formula is C32H20N2O2. The summed E-state index contributed by atoms with van der Waals surface area (Å²) in [6, 6.07) is 35.6. The molecule has 0 saturated carbocycles. The standard InChI is InChI=1S/C32H20N2O2/c1-34-27-8-4-3-7-26(27)33-32(34)20-12-10-19(11-13-20)21-14-15-29-23(16-21)25-18-30-24(17-31(25)36-29)22-6-2-5-9-28(22)35-30/h2-18H,1H3. The van der Waals surface area contributed by atoms with Gasteiger partial charge in [-0.2, -0.15) is 0 Å². The van der Waals surface area contributed by atoms with Crippen LogP contribution >= 0.6 is 0 Å². The summed E-state index contributed by atoms with van der Waals surface area (Å²) in [5, 5.41) is 4.34. The van der Waals surface area contributed by atoms with Crippen molar-refractivity contribution >= 4 is 54.9 Å². The van der Waals surface area contributed by atoms with Gasteiger partial charge in [0.1, 0.15) is 28.2 Å². The number of aromatic nitrogens is 2. The molecule has 0 fully saturated rings. The average molecular weight is 465 g/mol. The van der Waals surface area contributed by atoms with Gasteiger partial charge in [0.25, 0.3) is 0 Å². The van der Waals surface area contributed by atoms with E-state index in [9.17, 15) is 0 Å². The van der Waals surface area contributed by atoms with Crippen molar-refractivity contribution in [3.8, 4) is 22.5 Å². The smallest absolute Gasteiger partial charge is 0.140 e. The highest BCUT2D eigenvalue weighted by Crippen LogP contribution is 2.38. The molecule has 0 aliphatic heterocycles. The van der Waals surface area contributed by atoms with E-state index in [0.29, 0.717) is 0 Å². The monoisotopic (exact) mass is 464 g/mol. The number of aryl methyl sites for hydroxylation is 1. The minimum absolute atomic E-state index is 0.874. The molecule has 0 aliphatic carbocycles. The molecular weight excluding hydrogens is 444 g/mol. The first-order valence-electron chi connectivity index (χ1n) is 12.0. The lowest BCUT2D eigenvalue weighted by molar-refractivity contribution is 0.664. The van der Waals surface area contributed by atoms with Crippen molar-refractivity contribution in [2.24, 2.45) is 7.05 Å². The molecule has 170 valence electrons.